The van der Waals surface area contributed by atoms with Crippen molar-refractivity contribution in [3.63, 3.8) is 0 Å². The predicted molar refractivity (Wildman–Crippen MR) is 109 cm³/mol. The second-order valence-corrected chi connectivity index (χ2v) is 8.48. The van der Waals surface area contributed by atoms with E-state index in [9.17, 15) is 4.79 Å². The van der Waals surface area contributed by atoms with Gasteiger partial charge in [-0.2, -0.15) is 5.26 Å². The Kier molecular flexibility index (Phi) is 5.45. The molecule has 1 aliphatic heterocycles. The molecule has 27 heavy (non-hydrogen) atoms. The van der Waals surface area contributed by atoms with E-state index >= 15 is 0 Å². The molecule has 3 aromatic rings. The lowest BCUT2D eigenvalue weighted by Gasteiger charge is -2.33. The molecule has 8 heteroatoms. The van der Waals surface area contributed by atoms with E-state index in [2.05, 4.69) is 33.3 Å². The number of fused-ring (bicyclic) bond motifs is 1. The number of hydrogen-bond acceptors (Lipinski definition) is 7. The van der Waals surface area contributed by atoms with Gasteiger partial charge in [0.1, 0.15) is 16.1 Å². The summed E-state index contributed by atoms with van der Waals surface area (Å²) in [6.45, 7) is 4.77. The monoisotopic (exact) mass is 397 g/mol. The highest BCUT2D eigenvalue weighted by atomic mass is 32.1. The number of anilines is 1. The lowest BCUT2D eigenvalue weighted by molar-refractivity contribution is -0.117. The van der Waals surface area contributed by atoms with Gasteiger partial charge in [-0.25, -0.2) is 4.98 Å². The number of carbonyl (C=O) groups is 1. The first kappa shape index (κ1) is 18.1. The minimum Gasteiger partial charge on any atom is -0.315 e. The Morgan fingerprint density at radius 1 is 1.19 bits per heavy atom. The van der Waals surface area contributed by atoms with Crippen molar-refractivity contribution in [1.29, 1.82) is 5.26 Å². The molecule has 4 rings (SSSR count). The highest BCUT2D eigenvalue weighted by Gasteiger charge is 2.20. The van der Waals surface area contributed by atoms with Crippen LogP contribution in [0.1, 0.15) is 10.6 Å². The molecule has 138 valence electrons. The number of rotatable bonds is 5. The maximum absolute atomic E-state index is 12.2. The van der Waals surface area contributed by atoms with Crippen LogP contribution < -0.4 is 5.32 Å². The van der Waals surface area contributed by atoms with Crippen LogP contribution in [-0.4, -0.2) is 53.4 Å². The van der Waals surface area contributed by atoms with Gasteiger partial charge in [0.05, 0.1) is 28.9 Å². The molecule has 2 aromatic heterocycles. The molecular weight excluding hydrogens is 378 g/mol. The molecule has 3 heterocycles. The highest BCUT2D eigenvalue weighted by molar-refractivity contribution is 7.18. The van der Waals surface area contributed by atoms with Crippen molar-refractivity contribution in [3.8, 4) is 6.07 Å². The van der Waals surface area contributed by atoms with Crippen molar-refractivity contribution in [1.82, 2.24) is 14.8 Å². The number of nitriles is 1. The average Bonchev–Trinajstić information content (AvgIpc) is 3.29. The molecule has 0 atom stereocenters. The van der Waals surface area contributed by atoms with Crippen molar-refractivity contribution >= 4 is 43.8 Å². The molecule has 1 aliphatic rings. The molecule has 1 aromatic carbocycles. The third-order valence-electron chi connectivity index (χ3n) is 4.57. The standard InChI is InChI=1S/C19H19N5OS2/c20-11-14-5-10-26-19(14)22-17(25)12-23-6-8-24(9-7-23)13-18-21-15-3-1-2-4-16(15)27-18/h1-5,10H,6-9,12-13H2,(H,22,25). The molecule has 0 aliphatic carbocycles. The number of nitrogens with zero attached hydrogens (tertiary/aromatic N) is 4. The number of para-hydroxylation sites is 1. The average molecular weight is 398 g/mol. The second-order valence-electron chi connectivity index (χ2n) is 6.45. The van der Waals surface area contributed by atoms with Gasteiger partial charge in [0.25, 0.3) is 0 Å². The number of benzene rings is 1. The van der Waals surface area contributed by atoms with Gasteiger partial charge in [0.15, 0.2) is 0 Å². The number of carbonyl (C=O) groups excluding carboxylic acids is 1. The van der Waals surface area contributed by atoms with E-state index in [0.29, 0.717) is 17.1 Å². The molecule has 1 saturated heterocycles. The summed E-state index contributed by atoms with van der Waals surface area (Å²) in [7, 11) is 0. The quantitative estimate of drug-likeness (QED) is 0.717. The zero-order chi connectivity index (χ0) is 18.6. The lowest BCUT2D eigenvalue weighted by Crippen LogP contribution is -2.48. The van der Waals surface area contributed by atoms with Crippen molar-refractivity contribution < 1.29 is 4.79 Å². The maximum Gasteiger partial charge on any atom is 0.239 e. The summed E-state index contributed by atoms with van der Waals surface area (Å²) in [5.41, 5.74) is 1.59. The van der Waals surface area contributed by atoms with E-state index in [0.717, 1.165) is 43.2 Å². The van der Waals surface area contributed by atoms with Gasteiger partial charge >= 0.3 is 0 Å². The Morgan fingerprint density at radius 2 is 1.96 bits per heavy atom. The zero-order valence-corrected chi connectivity index (χ0v) is 16.4. The summed E-state index contributed by atoms with van der Waals surface area (Å²) in [5, 5.41) is 15.5. The van der Waals surface area contributed by atoms with Crippen molar-refractivity contribution in [2.45, 2.75) is 6.54 Å². The van der Waals surface area contributed by atoms with Crippen molar-refractivity contribution in [3.05, 3.63) is 46.3 Å². The predicted octanol–water partition coefficient (Wildman–Crippen LogP) is 2.99. The second kappa shape index (κ2) is 8.15. The SMILES string of the molecule is N#Cc1ccsc1NC(=O)CN1CCN(Cc2nc3ccccc3s2)CC1. The maximum atomic E-state index is 12.2. The van der Waals surface area contributed by atoms with Crippen LogP contribution in [0.2, 0.25) is 0 Å². The Balaban J connectivity index is 1.26. The first-order valence-electron chi connectivity index (χ1n) is 8.78. The molecule has 1 N–H and O–H groups in total. The largest absolute Gasteiger partial charge is 0.315 e. The fraction of sp³-hybridized carbons (Fsp3) is 0.316. The molecule has 0 unspecified atom stereocenters. The van der Waals surface area contributed by atoms with Crippen LogP contribution in [0, 0.1) is 11.3 Å². The van der Waals surface area contributed by atoms with E-state index in [4.69, 9.17) is 10.2 Å². The van der Waals surface area contributed by atoms with Gasteiger partial charge < -0.3 is 5.32 Å². The summed E-state index contributed by atoms with van der Waals surface area (Å²) in [6.07, 6.45) is 0. The van der Waals surface area contributed by atoms with Crippen LogP contribution in [0.5, 0.6) is 0 Å². The van der Waals surface area contributed by atoms with Crippen molar-refractivity contribution in [2.75, 3.05) is 38.0 Å². The topological polar surface area (TPSA) is 72.3 Å². The molecule has 1 amide bonds. The third-order valence-corrected chi connectivity index (χ3v) is 6.42. The Labute approximate surface area is 165 Å². The summed E-state index contributed by atoms with van der Waals surface area (Å²) >= 11 is 3.13. The van der Waals surface area contributed by atoms with Gasteiger partial charge in [0.2, 0.25) is 5.91 Å². The van der Waals surface area contributed by atoms with Crippen LogP contribution in [0.4, 0.5) is 5.00 Å². The molecule has 1 fully saturated rings. The minimum atomic E-state index is -0.0615. The van der Waals surface area contributed by atoms with Gasteiger partial charge in [-0.15, -0.1) is 22.7 Å². The van der Waals surface area contributed by atoms with Crippen LogP contribution in [-0.2, 0) is 11.3 Å². The third kappa shape index (κ3) is 4.34. The van der Waals surface area contributed by atoms with Crippen LogP contribution in [0.15, 0.2) is 35.7 Å². The van der Waals surface area contributed by atoms with Crippen molar-refractivity contribution in [2.24, 2.45) is 0 Å². The number of nitrogens with one attached hydrogen (secondary N) is 1. The molecule has 6 nitrogen and oxygen atoms in total. The normalized spacial score (nSPS) is 15.7. The molecule has 0 spiro atoms. The van der Waals surface area contributed by atoms with Gasteiger partial charge in [-0.1, -0.05) is 12.1 Å². The number of piperazine rings is 1. The number of amides is 1. The van der Waals surface area contributed by atoms with Gasteiger partial charge in [0, 0.05) is 26.2 Å². The highest BCUT2D eigenvalue weighted by Crippen LogP contribution is 2.23. The Bertz CT molecular complexity index is 948. The van der Waals surface area contributed by atoms with Gasteiger partial charge in [-0.05, 0) is 23.6 Å². The molecular formula is C19H19N5OS2. The van der Waals surface area contributed by atoms with E-state index in [1.165, 1.54) is 16.0 Å². The van der Waals surface area contributed by atoms with Crippen LogP contribution >= 0.6 is 22.7 Å². The number of hydrogen-bond donors (Lipinski definition) is 1. The van der Waals surface area contributed by atoms with Crippen LogP contribution in [0.3, 0.4) is 0 Å². The number of thiazole rings is 1. The first-order valence-corrected chi connectivity index (χ1v) is 10.5. The zero-order valence-electron chi connectivity index (χ0n) is 14.7. The van der Waals surface area contributed by atoms with Gasteiger partial charge in [-0.3, -0.25) is 14.6 Å². The Morgan fingerprint density at radius 3 is 2.74 bits per heavy atom. The number of aromatic nitrogens is 1. The summed E-state index contributed by atoms with van der Waals surface area (Å²) in [5.74, 6) is -0.0615. The Hall–Kier alpha value is -2.31. The van der Waals surface area contributed by atoms with E-state index < -0.39 is 0 Å². The summed E-state index contributed by atoms with van der Waals surface area (Å²) in [4.78, 5) is 21.5. The summed E-state index contributed by atoms with van der Waals surface area (Å²) in [6, 6.07) is 12.0. The fourth-order valence-electron chi connectivity index (χ4n) is 3.15. The smallest absolute Gasteiger partial charge is 0.239 e. The lowest BCUT2D eigenvalue weighted by atomic mass is 10.3. The number of thiophene rings is 1. The minimum absolute atomic E-state index is 0.0615. The summed E-state index contributed by atoms with van der Waals surface area (Å²) < 4.78 is 1.23. The first-order chi connectivity index (χ1) is 13.2. The molecule has 0 saturated carbocycles. The van der Waals surface area contributed by atoms with Crippen LogP contribution in [0.25, 0.3) is 10.2 Å². The molecule has 0 bridgehead atoms. The van der Waals surface area contributed by atoms with E-state index in [1.54, 1.807) is 17.4 Å². The van der Waals surface area contributed by atoms with E-state index in [1.807, 2.05) is 17.5 Å². The fourth-order valence-corrected chi connectivity index (χ4v) is 4.91. The van der Waals surface area contributed by atoms with E-state index in [-0.39, 0.29) is 5.91 Å². The molecule has 0 radical (unpaired) electrons.